The summed E-state index contributed by atoms with van der Waals surface area (Å²) < 4.78 is 14.1. The van der Waals surface area contributed by atoms with Gasteiger partial charge in [-0.1, -0.05) is 78.3 Å². The molecule has 0 heterocycles. The van der Waals surface area contributed by atoms with Gasteiger partial charge in [-0.2, -0.15) is 0 Å². The van der Waals surface area contributed by atoms with Gasteiger partial charge >= 0.3 is 0 Å². The fourth-order valence-electron chi connectivity index (χ4n) is 3.49. The lowest BCUT2D eigenvalue weighted by Crippen LogP contribution is -2.50. The highest BCUT2D eigenvalue weighted by Gasteiger charge is 2.29. The second-order valence-electron chi connectivity index (χ2n) is 7.52. The summed E-state index contributed by atoms with van der Waals surface area (Å²) in [5.74, 6) is -0.457. The molecule has 1 atom stereocenters. The molecule has 3 rings (SSSR count). The molecule has 0 saturated heterocycles. The molecule has 0 unspecified atom stereocenters. The molecule has 0 saturated carbocycles. The van der Waals surface area contributed by atoms with Gasteiger partial charge in [0.2, 0.25) is 11.8 Å². The van der Waals surface area contributed by atoms with Crippen molar-refractivity contribution >= 4 is 35.2 Å². The maximum absolute atomic E-state index is 14.1. The first-order valence-corrected chi connectivity index (χ1v) is 12.1. The average molecular weight is 485 g/mol. The number of amides is 2. The van der Waals surface area contributed by atoms with Gasteiger partial charge in [-0.05, 0) is 23.3 Å². The van der Waals surface area contributed by atoms with Crippen molar-refractivity contribution in [3.63, 3.8) is 0 Å². The van der Waals surface area contributed by atoms with Crippen molar-refractivity contribution < 1.29 is 14.0 Å². The molecule has 2 amide bonds. The molecule has 3 aromatic rings. The standard InChI is InChI=1S/C26H26ClFN2O2S/c1-29-26(32)24(15-19-9-4-2-5-10-19)30(16-20-11-6-3-7-12-20)25(31)18-33-17-21-22(27)13-8-14-23(21)28/h2-14,24H,15-18H2,1H3,(H,29,32)/t24-/m1/s1. The Bertz CT molecular complexity index is 1050. The van der Waals surface area contributed by atoms with Gasteiger partial charge in [0.1, 0.15) is 11.9 Å². The molecule has 0 fully saturated rings. The summed E-state index contributed by atoms with van der Waals surface area (Å²) in [6.07, 6.45) is 0.392. The van der Waals surface area contributed by atoms with E-state index in [0.29, 0.717) is 23.6 Å². The lowest BCUT2D eigenvalue weighted by Gasteiger charge is -2.31. The monoisotopic (exact) mass is 484 g/mol. The first kappa shape index (κ1) is 24.8. The van der Waals surface area contributed by atoms with Crippen LogP contribution in [0.4, 0.5) is 4.39 Å². The molecule has 0 spiro atoms. The van der Waals surface area contributed by atoms with Crippen LogP contribution < -0.4 is 5.32 Å². The van der Waals surface area contributed by atoms with Gasteiger partial charge in [0.25, 0.3) is 0 Å². The zero-order valence-corrected chi connectivity index (χ0v) is 19.9. The topological polar surface area (TPSA) is 49.4 Å². The van der Waals surface area contributed by atoms with Crippen LogP contribution in [0.25, 0.3) is 0 Å². The number of nitrogens with zero attached hydrogens (tertiary/aromatic N) is 1. The molecule has 33 heavy (non-hydrogen) atoms. The van der Waals surface area contributed by atoms with E-state index >= 15 is 0 Å². The van der Waals surface area contributed by atoms with Gasteiger partial charge in [-0.25, -0.2) is 4.39 Å². The number of carbonyl (C=O) groups excluding carboxylic acids is 2. The molecule has 0 aliphatic rings. The molecular formula is C26H26ClFN2O2S. The van der Waals surface area contributed by atoms with Crippen LogP contribution in [0.1, 0.15) is 16.7 Å². The average Bonchev–Trinajstić information content (AvgIpc) is 2.84. The van der Waals surface area contributed by atoms with E-state index in [-0.39, 0.29) is 23.3 Å². The van der Waals surface area contributed by atoms with E-state index in [1.165, 1.54) is 17.8 Å². The summed E-state index contributed by atoms with van der Waals surface area (Å²) >= 11 is 7.39. The maximum atomic E-state index is 14.1. The maximum Gasteiger partial charge on any atom is 0.242 e. The highest BCUT2D eigenvalue weighted by molar-refractivity contribution is 7.99. The van der Waals surface area contributed by atoms with Crippen molar-refractivity contribution in [2.45, 2.75) is 24.8 Å². The number of hydrogen-bond acceptors (Lipinski definition) is 3. The number of likely N-dealkylation sites (N-methyl/N-ethyl adjacent to an activating group) is 1. The summed E-state index contributed by atoms with van der Waals surface area (Å²) in [6.45, 7) is 0.297. The highest BCUT2D eigenvalue weighted by atomic mass is 35.5. The minimum Gasteiger partial charge on any atom is -0.357 e. The number of hydrogen-bond donors (Lipinski definition) is 1. The minimum absolute atomic E-state index is 0.0970. The molecule has 0 aliphatic heterocycles. The van der Waals surface area contributed by atoms with Crippen molar-refractivity contribution in [3.05, 3.63) is 106 Å². The van der Waals surface area contributed by atoms with E-state index < -0.39 is 11.9 Å². The summed E-state index contributed by atoms with van der Waals surface area (Å²) in [5, 5.41) is 3.03. The summed E-state index contributed by atoms with van der Waals surface area (Å²) in [4.78, 5) is 27.8. The Morgan fingerprint density at radius 2 is 1.61 bits per heavy atom. The molecule has 1 N–H and O–H groups in total. The number of rotatable bonds is 10. The van der Waals surface area contributed by atoms with Gasteiger partial charge in [-0.15, -0.1) is 11.8 Å². The first-order valence-electron chi connectivity index (χ1n) is 10.6. The van der Waals surface area contributed by atoms with Gasteiger partial charge in [0.15, 0.2) is 0 Å². The van der Waals surface area contributed by atoms with Crippen LogP contribution in [0, 0.1) is 5.82 Å². The van der Waals surface area contributed by atoms with Crippen LogP contribution >= 0.6 is 23.4 Å². The van der Waals surface area contributed by atoms with E-state index in [0.717, 1.165) is 11.1 Å². The molecule has 0 radical (unpaired) electrons. The third-order valence-corrected chi connectivity index (χ3v) is 6.54. The Morgan fingerprint density at radius 1 is 0.970 bits per heavy atom. The molecular weight excluding hydrogens is 459 g/mol. The van der Waals surface area contributed by atoms with Gasteiger partial charge < -0.3 is 10.2 Å². The highest BCUT2D eigenvalue weighted by Crippen LogP contribution is 2.25. The van der Waals surface area contributed by atoms with Crippen molar-refractivity contribution in [1.29, 1.82) is 0 Å². The van der Waals surface area contributed by atoms with Crippen LogP contribution in [0.2, 0.25) is 5.02 Å². The van der Waals surface area contributed by atoms with Crippen LogP contribution in [-0.2, 0) is 28.3 Å². The second-order valence-corrected chi connectivity index (χ2v) is 8.91. The number of carbonyl (C=O) groups is 2. The minimum atomic E-state index is -0.678. The number of nitrogens with one attached hydrogen (secondary N) is 1. The predicted octanol–water partition coefficient (Wildman–Crippen LogP) is 5.10. The second kappa shape index (κ2) is 12.4. The number of halogens is 2. The van der Waals surface area contributed by atoms with Crippen LogP contribution in [0.15, 0.2) is 78.9 Å². The Morgan fingerprint density at radius 3 is 2.21 bits per heavy atom. The van der Waals surface area contributed by atoms with E-state index in [1.54, 1.807) is 24.1 Å². The SMILES string of the molecule is CNC(=O)[C@@H](Cc1ccccc1)N(Cc1ccccc1)C(=O)CSCc1c(F)cccc1Cl. The van der Waals surface area contributed by atoms with Crippen molar-refractivity contribution in [3.8, 4) is 0 Å². The third-order valence-electron chi connectivity index (χ3n) is 5.25. The van der Waals surface area contributed by atoms with Gasteiger partial charge in [0.05, 0.1) is 5.75 Å². The summed E-state index contributed by atoms with van der Waals surface area (Å²) in [5.41, 5.74) is 2.26. The van der Waals surface area contributed by atoms with Gasteiger partial charge in [0, 0.05) is 36.4 Å². The van der Waals surface area contributed by atoms with Crippen LogP contribution in [-0.4, -0.2) is 35.6 Å². The van der Waals surface area contributed by atoms with Crippen molar-refractivity contribution in [2.24, 2.45) is 0 Å². The van der Waals surface area contributed by atoms with Crippen LogP contribution in [0.3, 0.4) is 0 Å². The molecule has 0 bridgehead atoms. The Hall–Kier alpha value is -2.83. The van der Waals surface area contributed by atoms with E-state index in [9.17, 15) is 14.0 Å². The van der Waals surface area contributed by atoms with E-state index in [4.69, 9.17) is 11.6 Å². The van der Waals surface area contributed by atoms with E-state index in [1.807, 2.05) is 60.7 Å². The number of benzene rings is 3. The molecule has 0 aliphatic carbocycles. The fourth-order valence-corrected chi connectivity index (χ4v) is 4.74. The fraction of sp³-hybridized carbons (Fsp3) is 0.231. The Kier molecular flexibility index (Phi) is 9.34. The molecule has 4 nitrogen and oxygen atoms in total. The summed E-state index contributed by atoms with van der Waals surface area (Å²) in [7, 11) is 1.57. The Balaban J connectivity index is 1.80. The first-order chi connectivity index (χ1) is 16.0. The Labute approximate surface area is 203 Å². The largest absolute Gasteiger partial charge is 0.357 e. The zero-order valence-electron chi connectivity index (χ0n) is 18.3. The molecule has 172 valence electrons. The molecule has 0 aromatic heterocycles. The van der Waals surface area contributed by atoms with Crippen molar-refractivity contribution in [2.75, 3.05) is 12.8 Å². The zero-order chi connectivity index (χ0) is 23.6. The third kappa shape index (κ3) is 7.07. The van der Waals surface area contributed by atoms with Crippen LogP contribution in [0.5, 0.6) is 0 Å². The number of thioether (sulfide) groups is 1. The molecule has 3 aromatic carbocycles. The lowest BCUT2D eigenvalue weighted by molar-refractivity contribution is -0.139. The lowest BCUT2D eigenvalue weighted by atomic mass is 10.0. The quantitative estimate of drug-likeness (QED) is 0.435. The summed E-state index contributed by atoms with van der Waals surface area (Å²) in [6, 6.07) is 23.0. The van der Waals surface area contributed by atoms with Crippen molar-refractivity contribution in [1.82, 2.24) is 10.2 Å². The smallest absolute Gasteiger partial charge is 0.242 e. The normalized spacial score (nSPS) is 11.6. The predicted molar refractivity (Wildman–Crippen MR) is 133 cm³/mol. The van der Waals surface area contributed by atoms with E-state index in [2.05, 4.69) is 5.32 Å². The van der Waals surface area contributed by atoms with Gasteiger partial charge in [-0.3, -0.25) is 9.59 Å². The molecule has 7 heteroatoms.